The molecule has 24 heavy (non-hydrogen) atoms. The number of benzene rings is 1. The van der Waals surface area contributed by atoms with Gasteiger partial charge in [-0.2, -0.15) is 13.2 Å². The Hall–Kier alpha value is -1.19. The second-order valence-electron chi connectivity index (χ2n) is 6.61. The molecule has 0 aliphatic carbocycles. The van der Waals surface area contributed by atoms with Gasteiger partial charge in [0.1, 0.15) is 6.73 Å². The molecule has 0 saturated carbocycles. The zero-order valence-electron chi connectivity index (χ0n) is 13.7. The highest BCUT2D eigenvalue weighted by Crippen LogP contribution is 2.30. The van der Waals surface area contributed by atoms with Gasteiger partial charge in [-0.1, -0.05) is 47.7 Å². The summed E-state index contributed by atoms with van der Waals surface area (Å²) in [7, 11) is -1.30. The number of aromatic nitrogens is 3. The third-order valence-electron chi connectivity index (χ3n) is 3.24. The molecule has 0 aliphatic heterocycles. The Morgan fingerprint density at radius 1 is 1.17 bits per heavy atom. The first-order valence-electron chi connectivity index (χ1n) is 7.42. The topological polar surface area (TPSA) is 39.9 Å². The van der Waals surface area contributed by atoms with Crippen molar-refractivity contribution in [2.45, 2.75) is 38.6 Å². The maximum Gasteiger partial charge on any atom is 0.451 e. The minimum Gasteiger partial charge on any atom is -0.359 e. The van der Waals surface area contributed by atoms with Gasteiger partial charge in [-0.3, -0.25) is 0 Å². The van der Waals surface area contributed by atoms with Gasteiger partial charge in [0.05, 0.1) is 0 Å². The first-order valence-corrected chi connectivity index (χ1v) is 11.9. The highest BCUT2D eigenvalue weighted by Gasteiger charge is 2.38. The Balaban J connectivity index is 2.18. The summed E-state index contributed by atoms with van der Waals surface area (Å²) in [6.45, 7) is 6.69. The smallest absolute Gasteiger partial charge is 0.359 e. The van der Waals surface area contributed by atoms with E-state index in [9.17, 15) is 13.2 Å². The summed E-state index contributed by atoms with van der Waals surface area (Å²) in [5.41, 5.74) is 0.518. The molecule has 0 fully saturated rings. The number of alkyl halides is 3. The fraction of sp³-hybridized carbons (Fsp3) is 0.467. The molecule has 0 bridgehead atoms. The largest absolute Gasteiger partial charge is 0.451 e. The normalized spacial score (nSPS) is 12.6. The SMILES string of the molecule is C[Si](C)(C)CCOCn1nc(-c2ccc(Br)cc2)nc1C(F)(F)F. The number of hydrogen-bond acceptors (Lipinski definition) is 3. The van der Waals surface area contributed by atoms with Gasteiger partial charge in [-0.25, -0.2) is 9.67 Å². The van der Waals surface area contributed by atoms with Crippen LogP contribution < -0.4 is 0 Å². The molecule has 0 saturated heterocycles. The molecular weight excluding hydrogens is 403 g/mol. The Kier molecular flexibility index (Phi) is 5.87. The monoisotopic (exact) mass is 421 g/mol. The van der Waals surface area contributed by atoms with Crippen molar-refractivity contribution in [1.82, 2.24) is 14.8 Å². The van der Waals surface area contributed by atoms with Gasteiger partial charge in [0.2, 0.25) is 5.82 Å². The summed E-state index contributed by atoms with van der Waals surface area (Å²) in [4.78, 5) is 3.65. The molecule has 2 rings (SSSR count). The van der Waals surface area contributed by atoms with Crippen molar-refractivity contribution >= 4 is 24.0 Å². The van der Waals surface area contributed by atoms with Crippen LogP contribution in [0.25, 0.3) is 11.4 Å². The maximum atomic E-state index is 13.2. The van der Waals surface area contributed by atoms with Crippen LogP contribution in [0.5, 0.6) is 0 Å². The lowest BCUT2D eigenvalue weighted by atomic mass is 10.2. The van der Waals surface area contributed by atoms with Crippen LogP contribution in [0, 0.1) is 0 Å². The van der Waals surface area contributed by atoms with E-state index in [1.54, 1.807) is 24.3 Å². The number of rotatable bonds is 6. The molecule has 1 heterocycles. The van der Waals surface area contributed by atoms with E-state index in [2.05, 4.69) is 45.7 Å². The lowest BCUT2D eigenvalue weighted by molar-refractivity contribution is -0.150. The van der Waals surface area contributed by atoms with Crippen LogP contribution in [0.4, 0.5) is 13.2 Å². The van der Waals surface area contributed by atoms with E-state index < -0.39 is 20.1 Å². The van der Waals surface area contributed by atoms with Crippen LogP contribution in [0.15, 0.2) is 28.7 Å². The van der Waals surface area contributed by atoms with Gasteiger partial charge in [0, 0.05) is 24.7 Å². The number of nitrogens with zero attached hydrogens (tertiary/aromatic N) is 3. The Labute approximate surface area is 148 Å². The van der Waals surface area contributed by atoms with Crippen LogP contribution in [0.1, 0.15) is 5.82 Å². The van der Waals surface area contributed by atoms with Crippen molar-refractivity contribution in [1.29, 1.82) is 0 Å². The van der Waals surface area contributed by atoms with Gasteiger partial charge in [-0.05, 0) is 18.2 Å². The average Bonchev–Trinajstić information content (AvgIpc) is 2.88. The minimum absolute atomic E-state index is 0.0311. The molecule has 0 amide bonds. The standard InChI is InChI=1S/C15H19BrF3N3OSi/c1-24(2,3)9-8-23-10-22-14(15(17,18)19)20-13(21-22)11-4-6-12(16)7-5-11/h4-7H,8-10H2,1-3H3. The zero-order chi connectivity index (χ0) is 18.0. The molecule has 0 spiro atoms. The van der Waals surface area contributed by atoms with Crippen molar-refractivity contribution in [3.05, 3.63) is 34.6 Å². The molecule has 132 valence electrons. The van der Waals surface area contributed by atoms with E-state index >= 15 is 0 Å². The van der Waals surface area contributed by atoms with Crippen molar-refractivity contribution < 1.29 is 17.9 Å². The van der Waals surface area contributed by atoms with E-state index in [1.807, 2.05) is 0 Å². The Bertz CT molecular complexity index is 681. The van der Waals surface area contributed by atoms with Crippen LogP contribution in [0.2, 0.25) is 25.7 Å². The number of ether oxygens (including phenoxy) is 1. The van der Waals surface area contributed by atoms with Crippen molar-refractivity contribution in [2.24, 2.45) is 0 Å². The lowest BCUT2D eigenvalue weighted by Gasteiger charge is -2.15. The van der Waals surface area contributed by atoms with Gasteiger partial charge >= 0.3 is 6.18 Å². The van der Waals surface area contributed by atoms with Crippen LogP contribution in [0.3, 0.4) is 0 Å². The lowest BCUT2D eigenvalue weighted by Crippen LogP contribution is -2.23. The first kappa shape index (κ1) is 19.1. The van der Waals surface area contributed by atoms with Gasteiger partial charge < -0.3 is 4.74 Å². The van der Waals surface area contributed by atoms with E-state index in [0.717, 1.165) is 15.2 Å². The van der Waals surface area contributed by atoms with Gasteiger partial charge in [0.15, 0.2) is 5.82 Å². The fourth-order valence-corrected chi connectivity index (χ4v) is 2.91. The fourth-order valence-electron chi connectivity index (χ4n) is 1.89. The second-order valence-corrected chi connectivity index (χ2v) is 13.1. The van der Waals surface area contributed by atoms with E-state index in [-0.39, 0.29) is 12.6 Å². The molecule has 4 nitrogen and oxygen atoms in total. The third-order valence-corrected chi connectivity index (χ3v) is 5.47. The van der Waals surface area contributed by atoms with Crippen molar-refractivity contribution in [3.63, 3.8) is 0 Å². The zero-order valence-corrected chi connectivity index (χ0v) is 16.3. The Morgan fingerprint density at radius 3 is 2.33 bits per heavy atom. The highest BCUT2D eigenvalue weighted by molar-refractivity contribution is 9.10. The third kappa shape index (κ3) is 5.42. The molecule has 9 heteroatoms. The van der Waals surface area contributed by atoms with E-state index in [0.29, 0.717) is 12.2 Å². The van der Waals surface area contributed by atoms with Crippen molar-refractivity contribution in [2.75, 3.05) is 6.61 Å². The molecule has 1 aromatic heterocycles. The summed E-state index contributed by atoms with van der Waals surface area (Å²) in [6, 6.07) is 7.66. The molecule has 0 aliphatic rings. The maximum absolute atomic E-state index is 13.2. The second kappa shape index (κ2) is 7.36. The van der Waals surface area contributed by atoms with Gasteiger partial charge in [-0.15, -0.1) is 5.10 Å². The highest BCUT2D eigenvalue weighted by atomic mass is 79.9. The predicted octanol–water partition coefficient (Wildman–Crippen LogP) is 5.04. The molecule has 0 radical (unpaired) electrons. The van der Waals surface area contributed by atoms with Crippen LogP contribution in [-0.4, -0.2) is 29.4 Å². The average molecular weight is 422 g/mol. The van der Waals surface area contributed by atoms with Gasteiger partial charge in [0.25, 0.3) is 0 Å². The molecule has 0 unspecified atom stereocenters. The first-order chi connectivity index (χ1) is 11.1. The quantitative estimate of drug-likeness (QED) is 0.484. The summed E-state index contributed by atoms with van der Waals surface area (Å²) in [6.07, 6.45) is -4.58. The summed E-state index contributed by atoms with van der Waals surface area (Å²) in [5, 5.41) is 3.97. The predicted molar refractivity (Wildman–Crippen MR) is 92.3 cm³/mol. The minimum atomic E-state index is -4.58. The Morgan fingerprint density at radius 2 is 1.79 bits per heavy atom. The molecule has 1 aromatic carbocycles. The summed E-state index contributed by atoms with van der Waals surface area (Å²) < 4.78 is 46.5. The summed E-state index contributed by atoms with van der Waals surface area (Å²) >= 11 is 3.28. The molecule has 2 aromatic rings. The number of hydrogen-bond donors (Lipinski definition) is 0. The summed E-state index contributed by atoms with van der Waals surface area (Å²) in [5.74, 6) is -1.02. The van der Waals surface area contributed by atoms with E-state index in [4.69, 9.17) is 4.74 Å². The van der Waals surface area contributed by atoms with E-state index in [1.165, 1.54) is 0 Å². The molecule has 0 atom stereocenters. The van der Waals surface area contributed by atoms with Crippen LogP contribution in [-0.2, 0) is 17.6 Å². The molecular formula is C15H19BrF3N3OSi. The van der Waals surface area contributed by atoms with Crippen LogP contribution >= 0.6 is 15.9 Å². The van der Waals surface area contributed by atoms with Crippen molar-refractivity contribution in [3.8, 4) is 11.4 Å². The molecule has 0 N–H and O–H groups in total. The number of halogens is 4.